The Bertz CT molecular complexity index is 967. The van der Waals surface area contributed by atoms with E-state index in [2.05, 4.69) is 4.72 Å². The fourth-order valence-corrected chi connectivity index (χ4v) is 4.06. The predicted molar refractivity (Wildman–Crippen MR) is 88.1 cm³/mol. The summed E-state index contributed by atoms with van der Waals surface area (Å²) in [5.74, 6) is -0.0751. The van der Waals surface area contributed by atoms with Crippen LogP contribution in [0.25, 0.3) is 0 Å². The summed E-state index contributed by atoms with van der Waals surface area (Å²) in [6.45, 7) is 1.50. The predicted octanol–water partition coefficient (Wildman–Crippen LogP) is 2.19. The number of hydrogen-bond donors (Lipinski definition) is 1. The molecule has 0 spiro atoms. The summed E-state index contributed by atoms with van der Waals surface area (Å²) in [5.41, 5.74) is -0.446. The normalized spacial score (nSPS) is 11.9. The lowest BCUT2D eigenvalue weighted by Gasteiger charge is -2.09. The second-order valence-corrected chi connectivity index (χ2v) is 8.69. The Morgan fingerprint density at radius 2 is 1.58 bits per heavy atom. The monoisotopic (exact) mass is 370 g/mol. The third kappa shape index (κ3) is 3.71. The van der Waals surface area contributed by atoms with E-state index in [1.807, 2.05) is 0 Å². The number of nitrogens with one attached hydrogen (secondary N) is 1. The molecule has 0 aliphatic rings. The molecular formula is C14H14N2O6S2. The van der Waals surface area contributed by atoms with Gasteiger partial charge in [0.25, 0.3) is 15.7 Å². The van der Waals surface area contributed by atoms with Crippen LogP contribution >= 0.6 is 0 Å². The van der Waals surface area contributed by atoms with Crippen LogP contribution in [0.4, 0.5) is 11.4 Å². The van der Waals surface area contributed by atoms with Gasteiger partial charge in [0.15, 0.2) is 14.7 Å². The maximum absolute atomic E-state index is 12.3. The molecule has 0 bridgehead atoms. The van der Waals surface area contributed by atoms with Crippen molar-refractivity contribution in [3.8, 4) is 0 Å². The van der Waals surface area contributed by atoms with E-state index in [1.165, 1.54) is 43.3 Å². The minimum absolute atomic E-state index is 0.0682. The molecule has 0 radical (unpaired) electrons. The van der Waals surface area contributed by atoms with Crippen molar-refractivity contribution in [1.82, 2.24) is 0 Å². The van der Waals surface area contributed by atoms with Crippen molar-refractivity contribution in [2.45, 2.75) is 16.7 Å². The maximum atomic E-state index is 12.3. The Kier molecular flexibility index (Phi) is 4.90. The van der Waals surface area contributed by atoms with Crippen molar-refractivity contribution in [3.05, 3.63) is 58.6 Å². The second kappa shape index (κ2) is 6.57. The molecule has 0 aliphatic carbocycles. The van der Waals surface area contributed by atoms with Crippen LogP contribution in [0.5, 0.6) is 0 Å². The van der Waals surface area contributed by atoms with Gasteiger partial charge in [-0.2, -0.15) is 0 Å². The van der Waals surface area contributed by atoms with Gasteiger partial charge in [0.1, 0.15) is 0 Å². The van der Waals surface area contributed by atoms with Crippen molar-refractivity contribution in [2.24, 2.45) is 0 Å². The van der Waals surface area contributed by atoms with Crippen LogP contribution in [0.2, 0.25) is 0 Å². The average Bonchev–Trinajstić information content (AvgIpc) is 2.55. The molecule has 0 fully saturated rings. The Morgan fingerprint density at radius 1 is 1.00 bits per heavy atom. The van der Waals surface area contributed by atoms with Crippen LogP contribution < -0.4 is 4.72 Å². The Labute approximate surface area is 139 Å². The molecule has 0 unspecified atom stereocenters. The molecule has 1 N–H and O–H groups in total. The van der Waals surface area contributed by atoms with Gasteiger partial charge in [0.2, 0.25) is 0 Å². The van der Waals surface area contributed by atoms with Gasteiger partial charge in [-0.3, -0.25) is 14.8 Å². The van der Waals surface area contributed by atoms with Crippen LogP contribution in [-0.2, 0) is 19.9 Å². The van der Waals surface area contributed by atoms with Gasteiger partial charge in [-0.05, 0) is 30.3 Å². The second-order valence-electron chi connectivity index (χ2n) is 4.76. The molecule has 0 aromatic heterocycles. The van der Waals surface area contributed by atoms with Crippen molar-refractivity contribution in [1.29, 1.82) is 0 Å². The van der Waals surface area contributed by atoms with Crippen LogP contribution in [0.3, 0.4) is 0 Å². The summed E-state index contributed by atoms with van der Waals surface area (Å²) in [5, 5.41) is 11.0. The van der Waals surface area contributed by atoms with Crippen molar-refractivity contribution in [3.63, 3.8) is 0 Å². The Balaban J connectivity index is 2.36. The Hall–Kier alpha value is -2.46. The van der Waals surface area contributed by atoms with E-state index in [4.69, 9.17) is 0 Å². The van der Waals surface area contributed by atoms with Gasteiger partial charge in [0, 0.05) is 11.8 Å². The summed E-state index contributed by atoms with van der Waals surface area (Å²) in [4.78, 5) is 9.77. The quantitative estimate of drug-likeness (QED) is 0.614. The molecule has 0 saturated carbocycles. The van der Waals surface area contributed by atoms with Crippen LogP contribution in [0.15, 0.2) is 58.3 Å². The molecule has 24 heavy (non-hydrogen) atoms. The number of nitrogens with zero attached hydrogens (tertiary/aromatic N) is 1. The minimum atomic E-state index is -4.18. The smallest absolute Gasteiger partial charge is 0.279 e. The molecular weight excluding hydrogens is 356 g/mol. The van der Waals surface area contributed by atoms with Crippen molar-refractivity contribution in [2.75, 3.05) is 10.5 Å². The molecule has 2 rings (SSSR count). The molecule has 0 atom stereocenters. The molecule has 2 aromatic rings. The first-order valence-corrected chi connectivity index (χ1v) is 9.90. The highest BCUT2D eigenvalue weighted by Gasteiger charge is 2.25. The molecule has 0 heterocycles. The number of sulfonamides is 1. The number of anilines is 1. The lowest BCUT2D eigenvalue weighted by Crippen LogP contribution is -2.14. The van der Waals surface area contributed by atoms with Crippen molar-refractivity contribution >= 4 is 31.2 Å². The third-order valence-electron chi connectivity index (χ3n) is 3.20. The lowest BCUT2D eigenvalue weighted by molar-refractivity contribution is -0.387. The molecule has 0 saturated heterocycles. The number of para-hydroxylation sites is 1. The zero-order valence-electron chi connectivity index (χ0n) is 12.5. The largest absolute Gasteiger partial charge is 0.289 e. The topological polar surface area (TPSA) is 123 Å². The van der Waals surface area contributed by atoms with E-state index in [0.29, 0.717) is 0 Å². The van der Waals surface area contributed by atoms with Gasteiger partial charge in [-0.25, -0.2) is 16.8 Å². The average molecular weight is 370 g/mol. The highest BCUT2D eigenvalue weighted by Crippen LogP contribution is 2.25. The summed E-state index contributed by atoms with van der Waals surface area (Å²) < 4.78 is 50.3. The molecule has 2 aromatic carbocycles. The Morgan fingerprint density at radius 3 is 2.12 bits per heavy atom. The number of hydrogen-bond acceptors (Lipinski definition) is 6. The van der Waals surface area contributed by atoms with Gasteiger partial charge in [0.05, 0.1) is 15.6 Å². The van der Waals surface area contributed by atoms with E-state index in [-0.39, 0.29) is 16.3 Å². The molecule has 0 amide bonds. The van der Waals surface area contributed by atoms with Crippen LogP contribution in [0.1, 0.15) is 6.92 Å². The van der Waals surface area contributed by atoms with Crippen molar-refractivity contribution < 1.29 is 21.8 Å². The van der Waals surface area contributed by atoms with Gasteiger partial charge < -0.3 is 0 Å². The zero-order valence-corrected chi connectivity index (χ0v) is 14.2. The van der Waals surface area contributed by atoms with E-state index in [9.17, 15) is 26.9 Å². The van der Waals surface area contributed by atoms with Crippen LogP contribution in [0, 0.1) is 10.1 Å². The molecule has 128 valence electrons. The number of rotatable bonds is 6. The highest BCUT2D eigenvalue weighted by molar-refractivity contribution is 7.93. The van der Waals surface area contributed by atoms with Gasteiger partial charge >= 0.3 is 0 Å². The van der Waals surface area contributed by atoms with E-state index in [0.717, 1.165) is 12.1 Å². The van der Waals surface area contributed by atoms with Gasteiger partial charge in [-0.15, -0.1) is 0 Å². The van der Waals surface area contributed by atoms with E-state index >= 15 is 0 Å². The lowest BCUT2D eigenvalue weighted by atomic mass is 10.3. The fourth-order valence-electron chi connectivity index (χ4n) is 1.94. The molecule has 8 nitrogen and oxygen atoms in total. The standard InChI is InChI=1S/C14H14N2O6S2/c1-2-23(19,20)12-9-7-11(8-10-12)15-24(21,22)14-6-4-3-5-13(14)16(17)18/h3-10,15H,2H2,1H3. The summed E-state index contributed by atoms with van der Waals surface area (Å²) in [7, 11) is -7.58. The fraction of sp³-hybridized carbons (Fsp3) is 0.143. The zero-order chi connectivity index (χ0) is 18.0. The number of nitro groups is 1. The summed E-state index contributed by atoms with van der Waals surface area (Å²) in [6.07, 6.45) is 0. The number of sulfone groups is 1. The molecule has 10 heteroatoms. The summed E-state index contributed by atoms with van der Waals surface area (Å²) in [6, 6.07) is 10.1. The third-order valence-corrected chi connectivity index (χ3v) is 6.38. The van der Waals surface area contributed by atoms with Gasteiger partial charge in [-0.1, -0.05) is 19.1 Å². The number of nitro benzene ring substituents is 1. The molecule has 0 aliphatic heterocycles. The van der Waals surface area contributed by atoms with E-state index < -0.39 is 35.4 Å². The first-order valence-electron chi connectivity index (χ1n) is 6.76. The SMILES string of the molecule is CCS(=O)(=O)c1ccc(NS(=O)(=O)c2ccccc2[N+](=O)[O-])cc1. The highest BCUT2D eigenvalue weighted by atomic mass is 32.2. The number of benzene rings is 2. The first-order chi connectivity index (χ1) is 11.2. The van der Waals surface area contributed by atoms with Crippen LogP contribution in [-0.4, -0.2) is 27.5 Å². The minimum Gasteiger partial charge on any atom is -0.279 e. The first kappa shape index (κ1) is 17.9. The summed E-state index contributed by atoms with van der Waals surface area (Å²) >= 11 is 0. The maximum Gasteiger partial charge on any atom is 0.289 e. The van der Waals surface area contributed by atoms with E-state index in [1.54, 1.807) is 0 Å².